The maximum absolute atomic E-state index is 11.7. The third-order valence-electron chi connectivity index (χ3n) is 3.27. The summed E-state index contributed by atoms with van der Waals surface area (Å²) in [5.41, 5.74) is 0.919. The van der Waals surface area contributed by atoms with Gasteiger partial charge in [0, 0.05) is 0 Å². The molecule has 1 aromatic carbocycles. The van der Waals surface area contributed by atoms with Gasteiger partial charge >= 0.3 is 11.9 Å². The summed E-state index contributed by atoms with van der Waals surface area (Å²) in [6.45, 7) is 2.97. The Kier molecular flexibility index (Phi) is 4.55. The molecule has 0 N–H and O–H groups in total. The Hall–Kier alpha value is -1.84. The SMILES string of the molecule is CC1CCCOC(=O)c2ccc(cc2)C(=O)OCC1. The van der Waals surface area contributed by atoms with Crippen LogP contribution in [0.4, 0.5) is 0 Å². The second-order valence-electron chi connectivity index (χ2n) is 4.89. The number of ether oxygens (including phenoxy) is 2. The largest absolute Gasteiger partial charge is 0.462 e. The number of hydrogen-bond donors (Lipinski definition) is 0. The van der Waals surface area contributed by atoms with Gasteiger partial charge in [-0.1, -0.05) is 6.92 Å². The molecule has 4 heteroatoms. The highest BCUT2D eigenvalue weighted by molar-refractivity contribution is 5.93. The van der Waals surface area contributed by atoms with Crippen molar-refractivity contribution < 1.29 is 19.1 Å². The summed E-state index contributed by atoms with van der Waals surface area (Å²) < 4.78 is 10.4. The van der Waals surface area contributed by atoms with Crippen LogP contribution in [-0.2, 0) is 9.47 Å². The minimum Gasteiger partial charge on any atom is -0.462 e. The third-order valence-corrected chi connectivity index (χ3v) is 3.27. The van der Waals surface area contributed by atoms with E-state index >= 15 is 0 Å². The first-order chi connectivity index (χ1) is 9.16. The Labute approximate surface area is 112 Å². The molecule has 102 valence electrons. The van der Waals surface area contributed by atoms with E-state index in [4.69, 9.17) is 9.47 Å². The van der Waals surface area contributed by atoms with E-state index in [2.05, 4.69) is 6.92 Å². The molecular formula is C15H18O4. The topological polar surface area (TPSA) is 52.6 Å². The van der Waals surface area contributed by atoms with Crippen LogP contribution in [0.25, 0.3) is 0 Å². The van der Waals surface area contributed by atoms with E-state index < -0.39 is 0 Å². The van der Waals surface area contributed by atoms with Gasteiger partial charge in [0.15, 0.2) is 0 Å². The van der Waals surface area contributed by atoms with Gasteiger partial charge in [0.05, 0.1) is 24.3 Å². The van der Waals surface area contributed by atoms with Crippen molar-refractivity contribution in [1.29, 1.82) is 0 Å². The molecule has 0 aliphatic carbocycles. The third kappa shape index (κ3) is 3.81. The number of fused-ring (bicyclic) bond motifs is 11. The number of carbonyl (C=O) groups excluding carboxylic acids is 2. The second-order valence-corrected chi connectivity index (χ2v) is 4.89. The molecular weight excluding hydrogens is 244 g/mol. The van der Waals surface area contributed by atoms with Crippen molar-refractivity contribution in [3.8, 4) is 0 Å². The van der Waals surface area contributed by atoms with Crippen LogP contribution in [0.5, 0.6) is 0 Å². The van der Waals surface area contributed by atoms with Crippen LogP contribution < -0.4 is 0 Å². The Bertz CT molecular complexity index is 450. The van der Waals surface area contributed by atoms with Crippen molar-refractivity contribution in [3.63, 3.8) is 0 Å². The van der Waals surface area contributed by atoms with Gasteiger partial charge in [-0.3, -0.25) is 0 Å². The summed E-state index contributed by atoms with van der Waals surface area (Å²) in [6.07, 6.45) is 2.62. The first-order valence-electron chi connectivity index (χ1n) is 6.61. The fourth-order valence-electron chi connectivity index (χ4n) is 2.00. The predicted octanol–water partition coefficient (Wildman–Crippen LogP) is 2.82. The molecule has 1 aromatic rings. The van der Waals surface area contributed by atoms with Gasteiger partial charge in [-0.2, -0.15) is 0 Å². The minimum atomic E-state index is -0.343. The normalized spacial score (nSPS) is 21.4. The average Bonchev–Trinajstić information content (AvgIpc) is 2.42. The van der Waals surface area contributed by atoms with Crippen LogP contribution in [0.15, 0.2) is 24.3 Å². The van der Waals surface area contributed by atoms with E-state index in [0.29, 0.717) is 30.3 Å². The monoisotopic (exact) mass is 262 g/mol. The van der Waals surface area contributed by atoms with Gasteiger partial charge in [-0.15, -0.1) is 0 Å². The zero-order valence-corrected chi connectivity index (χ0v) is 11.1. The van der Waals surface area contributed by atoms with Crippen molar-refractivity contribution in [2.45, 2.75) is 26.2 Å². The molecule has 0 amide bonds. The lowest BCUT2D eigenvalue weighted by Crippen LogP contribution is -2.12. The van der Waals surface area contributed by atoms with Crippen molar-refractivity contribution in [2.75, 3.05) is 13.2 Å². The molecule has 4 nitrogen and oxygen atoms in total. The zero-order valence-electron chi connectivity index (χ0n) is 11.1. The van der Waals surface area contributed by atoms with Crippen molar-refractivity contribution in [2.24, 2.45) is 5.92 Å². The molecule has 1 atom stereocenters. The van der Waals surface area contributed by atoms with E-state index in [9.17, 15) is 9.59 Å². The van der Waals surface area contributed by atoms with Crippen molar-refractivity contribution in [1.82, 2.24) is 0 Å². The molecule has 2 aliphatic heterocycles. The highest BCUT2D eigenvalue weighted by Gasteiger charge is 2.13. The second kappa shape index (κ2) is 6.36. The summed E-state index contributed by atoms with van der Waals surface area (Å²) in [4.78, 5) is 23.5. The molecule has 2 heterocycles. The number of hydrogen-bond acceptors (Lipinski definition) is 4. The summed E-state index contributed by atoms with van der Waals surface area (Å²) in [5, 5.41) is 0. The molecule has 0 saturated heterocycles. The maximum atomic E-state index is 11.7. The van der Waals surface area contributed by atoms with E-state index in [-0.39, 0.29) is 11.9 Å². The average molecular weight is 262 g/mol. The van der Waals surface area contributed by atoms with Crippen LogP contribution in [0.2, 0.25) is 0 Å². The maximum Gasteiger partial charge on any atom is 0.338 e. The van der Waals surface area contributed by atoms with E-state index in [1.807, 2.05) is 0 Å². The first kappa shape index (κ1) is 13.6. The molecule has 0 aromatic heterocycles. The molecule has 1 unspecified atom stereocenters. The minimum absolute atomic E-state index is 0.343. The number of esters is 2. The fraction of sp³-hybridized carbons (Fsp3) is 0.467. The van der Waals surface area contributed by atoms with Gasteiger partial charge in [-0.05, 0) is 49.4 Å². The molecule has 0 radical (unpaired) electrons. The van der Waals surface area contributed by atoms with Crippen LogP contribution in [0, 0.1) is 5.92 Å². The fourth-order valence-corrected chi connectivity index (χ4v) is 2.00. The Morgan fingerprint density at radius 1 is 0.895 bits per heavy atom. The van der Waals surface area contributed by atoms with Gasteiger partial charge < -0.3 is 9.47 Å². The number of benzene rings is 1. The standard InChI is InChI=1S/C15H18O4/c1-11-3-2-9-18-14(16)12-4-6-13(7-5-12)15(17)19-10-8-11/h4-7,11H,2-3,8-10H2,1H3. The zero-order chi connectivity index (χ0) is 13.7. The van der Waals surface area contributed by atoms with Crippen LogP contribution >= 0.6 is 0 Å². The molecule has 0 saturated carbocycles. The molecule has 0 fully saturated rings. The lowest BCUT2D eigenvalue weighted by molar-refractivity contribution is 0.0451. The van der Waals surface area contributed by atoms with Crippen LogP contribution in [0.1, 0.15) is 46.9 Å². The van der Waals surface area contributed by atoms with Crippen LogP contribution in [-0.4, -0.2) is 25.2 Å². The van der Waals surface area contributed by atoms with Gasteiger partial charge in [0.2, 0.25) is 0 Å². The van der Waals surface area contributed by atoms with Crippen molar-refractivity contribution >= 4 is 11.9 Å². The summed E-state index contributed by atoms with van der Waals surface area (Å²) in [7, 11) is 0. The van der Waals surface area contributed by atoms with E-state index in [0.717, 1.165) is 19.3 Å². The summed E-state index contributed by atoms with van der Waals surface area (Å²) in [5.74, 6) is -0.232. The lowest BCUT2D eigenvalue weighted by Gasteiger charge is -2.13. The molecule has 3 rings (SSSR count). The Morgan fingerprint density at radius 3 is 2.00 bits per heavy atom. The lowest BCUT2D eigenvalue weighted by atomic mass is 10.0. The predicted molar refractivity (Wildman–Crippen MR) is 70.0 cm³/mol. The number of carbonyl (C=O) groups is 2. The molecule has 0 spiro atoms. The van der Waals surface area contributed by atoms with Crippen LogP contribution in [0.3, 0.4) is 0 Å². The van der Waals surface area contributed by atoms with E-state index in [1.165, 1.54) is 0 Å². The highest BCUT2D eigenvalue weighted by atomic mass is 16.5. The molecule has 2 aliphatic rings. The Morgan fingerprint density at radius 2 is 1.42 bits per heavy atom. The summed E-state index contributed by atoms with van der Waals surface area (Å²) >= 11 is 0. The van der Waals surface area contributed by atoms with Gasteiger partial charge in [0.25, 0.3) is 0 Å². The van der Waals surface area contributed by atoms with Crippen molar-refractivity contribution in [3.05, 3.63) is 35.4 Å². The van der Waals surface area contributed by atoms with Gasteiger partial charge in [0.1, 0.15) is 0 Å². The smallest absolute Gasteiger partial charge is 0.338 e. The van der Waals surface area contributed by atoms with E-state index in [1.54, 1.807) is 24.3 Å². The van der Waals surface area contributed by atoms with Gasteiger partial charge in [-0.25, -0.2) is 9.59 Å². The Balaban J connectivity index is 2.13. The molecule has 19 heavy (non-hydrogen) atoms. The molecule has 2 bridgehead atoms. The first-order valence-corrected chi connectivity index (χ1v) is 6.61. The highest BCUT2D eigenvalue weighted by Crippen LogP contribution is 2.14. The quantitative estimate of drug-likeness (QED) is 0.675. The number of rotatable bonds is 0. The summed E-state index contributed by atoms with van der Waals surface area (Å²) in [6, 6.07) is 6.36.